The SMILES string of the molecule is CC1CCN(C(=O)c2cc(N(C)c3ccccc3)ncn2)CC1. The minimum Gasteiger partial charge on any atom is -0.337 e. The maximum Gasteiger partial charge on any atom is 0.272 e. The van der Waals surface area contributed by atoms with Gasteiger partial charge in [-0.25, -0.2) is 9.97 Å². The van der Waals surface area contributed by atoms with Crippen molar-refractivity contribution < 1.29 is 4.79 Å². The van der Waals surface area contributed by atoms with Crippen molar-refractivity contribution in [3.63, 3.8) is 0 Å². The number of carbonyl (C=O) groups is 1. The van der Waals surface area contributed by atoms with Gasteiger partial charge in [-0.15, -0.1) is 0 Å². The van der Waals surface area contributed by atoms with Gasteiger partial charge in [0.1, 0.15) is 17.8 Å². The number of rotatable bonds is 3. The molecule has 0 bridgehead atoms. The van der Waals surface area contributed by atoms with Crippen molar-refractivity contribution in [3.05, 3.63) is 48.4 Å². The van der Waals surface area contributed by atoms with Crippen LogP contribution in [0.25, 0.3) is 0 Å². The van der Waals surface area contributed by atoms with E-state index >= 15 is 0 Å². The summed E-state index contributed by atoms with van der Waals surface area (Å²) in [4.78, 5) is 25.0. The average molecular weight is 310 g/mol. The van der Waals surface area contributed by atoms with Crippen molar-refractivity contribution in [2.24, 2.45) is 5.92 Å². The lowest BCUT2D eigenvalue weighted by Crippen LogP contribution is -2.38. The maximum absolute atomic E-state index is 12.6. The summed E-state index contributed by atoms with van der Waals surface area (Å²) in [5, 5.41) is 0. The summed E-state index contributed by atoms with van der Waals surface area (Å²) in [6.07, 6.45) is 3.59. The van der Waals surface area contributed by atoms with Gasteiger partial charge in [0.05, 0.1) is 0 Å². The van der Waals surface area contributed by atoms with Gasteiger partial charge in [0.15, 0.2) is 0 Å². The molecule has 2 aromatic rings. The molecule has 1 amide bonds. The number of piperidine rings is 1. The summed E-state index contributed by atoms with van der Waals surface area (Å²) >= 11 is 0. The van der Waals surface area contributed by atoms with Gasteiger partial charge in [0.25, 0.3) is 5.91 Å². The topological polar surface area (TPSA) is 49.3 Å². The fourth-order valence-corrected chi connectivity index (χ4v) is 2.80. The number of hydrogen-bond donors (Lipinski definition) is 0. The molecule has 5 heteroatoms. The van der Waals surface area contributed by atoms with E-state index in [1.165, 1.54) is 6.33 Å². The minimum atomic E-state index is 0.00186. The molecule has 1 aromatic heterocycles. The second-order valence-electron chi connectivity index (χ2n) is 6.13. The van der Waals surface area contributed by atoms with Crippen molar-refractivity contribution >= 4 is 17.4 Å². The Morgan fingerprint density at radius 1 is 1.17 bits per heavy atom. The van der Waals surface area contributed by atoms with Crippen LogP contribution in [-0.4, -0.2) is 40.9 Å². The van der Waals surface area contributed by atoms with Crippen LogP contribution in [0.4, 0.5) is 11.5 Å². The van der Waals surface area contributed by atoms with Crippen molar-refractivity contribution in [1.82, 2.24) is 14.9 Å². The lowest BCUT2D eigenvalue weighted by atomic mass is 9.99. The first kappa shape index (κ1) is 15.5. The van der Waals surface area contributed by atoms with Crippen LogP contribution in [0, 0.1) is 5.92 Å². The van der Waals surface area contributed by atoms with Crippen LogP contribution < -0.4 is 4.90 Å². The number of hydrogen-bond acceptors (Lipinski definition) is 4. The zero-order valence-electron chi connectivity index (χ0n) is 13.6. The summed E-state index contributed by atoms with van der Waals surface area (Å²) in [5.41, 5.74) is 1.49. The third kappa shape index (κ3) is 3.50. The van der Waals surface area contributed by atoms with E-state index in [4.69, 9.17) is 0 Å². The van der Waals surface area contributed by atoms with E-state index in [-0.39, 0.29) is 5.91 Å². The number of anilines is 2. The van der Waals surface area contributed by atoms with E-state index in [1.54, 1.807) is 6.07 Å². The number of para-hydroxylation sites is 1. The van der Waals surface area contributed by atoms with Crippen LogP contribution in [-0.2, 0) is 0 Å². The van der Waals surface area contributed by atoms with Gasteiger partial charge in [0, 0.05) is 31.9 Å². The first-order chi connectivity index (χ1) is 11.1. The summed E-state index contributed by atoms with van der Waals surface area (Å²) in [5.74, 6) is 1.42. The van der Waals surface area contributed by atoms with Gasteiger partial charge < -0.3 is 9.80 Å². The highest BCUT2D eigenvalue weighted by Crippen LogP contribution is 2.22. The number of aromatic nitrogens is 2. The largest absolute Gasteiger partial charge is 0.337 e. The van der Waals surface area contributed by atoms with Gasteiger partial charge in [0.2, 0.25) is 0 Å². The van der Waals surface area contributed by atoms with Gasteiger partial charge in [-0.2, -0.15) is 0 Å². The Hall–Kier alpha value is -2.43. The predicted octanol–water partition coefficient (Wildman–Crippen LogP) is 3.12. The van der Waals surface area contributed by atoms with E-state index in [2.05, 4.69) is 16.9 Å². The van der Waals surface area contributed by atoms with Crippen LogP contribution in [0.1, 0.15) is 30.3 Å². The zero-order chi connectivity index (χ0) is 16.2. The van der Waals surface area contributed by atoms with Crippen molar-refractivity contribution in [2.45, 2.75) is 19.8 Å². The van der Waals surface area contributed by atoms with Crippen LogP contribution in [0.5, 0.6) is 0 Å². The Kier molecular flexibility index (Phi) is 4.55. The summed E-state index contributed by atoms with van der Waals surface area (Å²) in [6.45, 7) is 3.86. The fraction of sp³-hybridized carbons (Fsp3) is 0.389. The summed E-state index contributed by atoms with van der Waals surface area (Å²) < 4.78 is 0. The van der Waals surface area contributed by atoms with E-state index in [0.29, 0.717) is 11.6 Å². The third-order valence-electron chi connectivity index (χ3n) is 4.43. The van der Waals surface area contributed by atoms with Gasteiger partial charge in [-0.05, 0) is 30.9 Å². The van der Waals surface area contributed by atoms with Crippen LogP contribution in [0.3, 0.4) is 0 Å². The summed E-state index contributed by atoms with van der Waals surface area (Å²) in [7, 11) is 1.94. The smallest absolute Gasteiger partial charge is 0.272 e. The monoisotopic (exact) mass is 310 g/mol. The normalized spacial score (nSPS) is 15.5. The Labute approximate surface area is 137 Å². The van der Waals surface area contributed by atoms with Crippen molar-refractivity contribution in [3.8, 4) is 0 Å². The number of likely N-dealkylation sites (tertiary alicyclic amines) is 1. The molecule has 0 atom stereocenters. The molecule has 0 saturated carbocycles. The molecular formula is C18H22N4O. The molecular weight excluding hydrogens is 288 g/mol. The molecule has 1 aliphatic rings. The second kappa shape index (κ2) is 6.77. The molecule has 1 fully saturated rings. The van der Waals surface area contributed by atoms with Crippen LogP contribution in [0.15, 0.2) is 42.7 Å². The van der Waals surface area contributed by atoms with Crippen LogP contribution >= 0.6 is 0 Å². The molecule has 23 heavy (non-hydrogen) atoms. The quantitative estimate of drug-likeness (QED) is 0.874. The molecule has 1 aliphatic heterocycles. The molecule has 1 saturated heterocycles. The van der Waals surface area contributed by atoms with Gasteiger partial charge in [-0.1, -0.05) is 25.1 Å². The van der Waals surface area contributed by atoms with Crippen molar-refractivity contribution in [1.29, 1.82) is 0 Å². The average Bonchev–Trinajstić information content (AvgIpc) is 2.62. The molecule has 0 unspecified atom stereocenters. The number of amides is 1. The van der Waals surface area contributed by atoms with Gasteiger partial charge >= 0.3 is 0 Å². The molecule has 120 valence electrons. The van der Waals surface area contributed by atoms with E-state index in [1.807, 2.05) is 47.2 Å². The Morgan fingerprint density at radius 3 is 2.57 bits per heavy atom. The zero-order valence-corrected chi connectivity index (χ0v) is 13.6. The van der Waals surface area contributed by atoms with Crippen molar-refractivity contribution in [2.75, 3.05) is 25.0 Å². The first-order valence-corrected chi connectivity index (χ1v) is 8.05. The minimum absolute atomic E-state index is 0.00186. The molecule has 1 aromatic carbocycles. The molecule has 0 aliphatic carbocycles. The third-order valence-corrected chi connectivity index (χ3v) is 4.43. The Morgan fingerprint density at radius 2 is 1.87 bits per heavy atom. The summed E-state index contributed by atoms with van der Waals surface area (Å²) in [6, 6.07) is 11.7. The molecule has 3 rings (SSSR count). The number of benzene rings is 1. The Balaban J connectivity index is 1.78. The first-order valence-electron chi connectivity index (χ1n) is 8.05. The predicted molar refractivity (Wildman–Crippen MR) is 90.8 cm³/mol. The number of carbonyl (C=O) groups excluding carboxylic acids is 1. The lowest BCUT2D eigenvalue weighted by Gasteiger charge is -2.30. The highest BCUT2D eigenvalue weighted by atomic mass is 16.2. The maximum atomic E-state index is 12.6. The van der Waals surface area contributed by atoms with Crippen LogP contribution in [0.2, 0.25) is 0 Å². The van der Waals surface area contributed by atoms with Gasteiger partial charge in [-0.3, -0.25) is 4.79 Å². The van der Waals surface area contributed by atoms with E-state index < -0.39 is 0 Å². The Bertz CT molecular complexity index is 666. The molecule has 2 heterocycles. The molecule has 0 radical (unpaired) electrons. The van der Waals surface area contributed by atoms with E-state index in [9.17, 15) is 4.79 Å². The number of nitrogens with zero attached hydrogens (tertiary/aromatic N) is 4. The standard InChI is InChI=1S/C18H22N4O/c1-14-8-10-22(11-9-14)18(23)16-12-17(20-13-19-16)21(2)15-6-4-3-5-7-15/h3-7,12-14H,8-11H2,1-2H3. The molecule has 5 nitrogen and oxygen atoms in total. The van der Waals surface area contributed by atoms with E-state index in [0.717, 1.165) is 37.4 Å². The second-order valence-corrected chi connectivity index (χ2v) is 6.13. The lowest BCUT2D eigenvalue weighted by molar-refractivity contribution is 0.0691. The highest BCUT2D eigenvalue weighted by Gasteiger charge is 2.23. The molecule has 0 N–H and O–H groups in total. The molecule has 0 spiro atoms. The highest BCUT2D eigenvalue weighted by molar-refractivity contribution is 5.93. The fourth-order valence-electron chi connectivity index (χ4n) is 2.80.